The van der Waals surface area contributed by atoms with Gasteiger partial charge in [0.2, 0.25) is 5.91 Å². The van der Waals surface area contributed by atoms with E-state index in [0.29, 0.717) is 11.8 Å². The third-order valence-electron chi connectivity index (χ3n) is 5.12. The Labute approximate surface area is 147 Å². The first-order valence-corrected chi connectivity index (χ1v) is 8.94. The van der Waals surface area contributed by atoms with Gasteiger partial charge in [0, 0.05) is 42.8 Å². The summed E-state index contributed by atoms with van der Waals surface area (Å²) >= 11 is 5.95. The molecule has 1 heterocycles. The van der Waals surface area contributed by atoms with Crippen LogP contribution in [0.5, 0.6) is 0 Å². The Balaban J connectivity index is 1.33. The molecule has 124 valence electrons. The molecular formula is C20H21ClN2O. The van der Waals surface area contributed by atoms with E-state index in [0.717, 1.165) is 37.6 Å². The van der Waals surface area contributed by atoms with E-state index < -0.39 is 0 Å². The number of nitrogens with zero attached hydrogens (tertiary/aromatic N) is 2. The predicted molar refractivity (Wildman–Crippen MR) is 97.5 cm³/mol. The van der Waals surface area contributed by atoms with E-state index in [-0.39, 0.29) is 5.92 Å². The molecule has 2 aliphatic rings. The van der Waals surface area contributed by atoms with Crippen molar-refractivity contribution in [3.8, 4) is 0 Å². The molecule has 2 aromatic rings. The van der Waals surface area contributed by atoms with Gasteiger partial charge in [0.05, 0.1) is 0 Å². The molecule has 4 rings (SSSR count). The fraction of sp³-hybridized carbons (Fsp3) is 0.350. The molecule has 0 spiro atoms. The second-order valence-corrected chi connectivity index (χ2v) is 7.08. The van der Waals surface area contributed by atoms with Crippen LogP contribution < -0.4 is 4.90 Å². The molecule has 1 saturated heterocycles. The second-order valence-electron chi connectivity index (χ2n) is 6.65. The first-order valence-electron chi connectivity index (χ1n) is 8.56. The van der Waals surface area contributed by atoms with Gasteiger partial charge in [-0.05, 0) is 42.2 Å². The Morgan fingerprint density at radius 2 is 1.58 bits per heavy atom. The third-order valence-corrected chi connectivity index (χ3v) is 5.37. The molecule has 2 fully saturated rings. The Morgan fingerprint density at radius 3 is 2.25 bits per heavy atom. The van der Waals surface area contributed by atoms with Gasteiger partial charge in [0.1, 0.15) is 0 Å². The molecule has 1 aliphatic carbocycles. The minimum atomic E-state index is 0.189. The van der Waals surface area contributed by atoms with Crippen LogP contribution in [0.4, 0.5) is 5.69 Å². The monoisotopic (exact) mass is 340 g/mol. The Bertz CT molecular complexity index is 708. The van der Waals surface area contributed by atoms with E-state index in [1.54, 1.807) is 0 Å². The van der Waals surface area contributed by atoms with Crippen LogP contribution in [-0.4, -0.2) is 37.0 Å². The number of piperazine rings is 1. The number of halogens is 1. The lowest BCUT2D eigenvalue weighted by Gasteiger charge is -2.36. The molecule has 1 aliphatic heterocycles. The van der Waals surface area contributed by atoms with Crippen LogP contribution in [0.2, 0.25) is 5.02 Å². The van der Waals surface area contributed by atoms with Gasteiger partial charge in [-0.3, -0.25) is 4.79 Å². The minimum Gasteiger partial charge on any atom is -0.368 e. The van der Waals surface area contributed by atoms with Crippen LogP contribution in [0.15, 0.2) is 54.6 Å². The molecule has 0 N–H and O–H groups in total. The summed E-state index contributed by atoms with van der Waals surface area (Å²) in [6.45, 7) is 3.38. The number of carbonyl (C=O) groups excluding carboxylic acids is 1. The number of anilines is 1. The molecule has 0 radical (unpaired) electrons. The summed E-state index contributed by atoms with van der Waals surface area (Å²) in [6, 6.07) is 18.3. The molecule has 4 heteroatoms. The maximum Gasteiger partial charge on any atom is 0.226 e. The molecule has 0 bridgehead atoms. The number of carbonyl (C=O) groups is 1. The molecule has 24 heavy (non-hydrogen) atoms. The predicted octanol–water partition coefficient (Wildman–Crippen LogP) is 3.79. The lowest BCUT2D eigenvalue weighted by molar-refractivity contribution is -0.132. The van der Waals surface area contributed by atoms with E-state index in [4.69, 9.17) is 11.6 Å². The molecule has 3 nitrogen and oxygen atoms in total. The Kier molecular flexibility index (Phi) is 4.19. The van der Waals surface area contributed by atoms with E-state index in [2.05, 4.69) is 29.2 Å². The average molecular weight is 341 g/mol. The minimum absolute atomic E-state index is 0.189. The van der Waals surface area contributed by atoms with Crippen molar-refractivity contribution in [1.82, 2.24) is 4.90 Å². The summed E-state index contributed by atoms with van der Waals surface area (Å²) < 4.78 is 0. The SMILES string of the molecule is O=C([C@H]1C[C@@H]1c1ccccc1)N1CCN(c2ccc(Cl)cc2)CC1. The lowest BCUT2D eigenvalue weighted by Crippen LogP contribution is -2.49. The molecule has 0 aromatic heterocycles. The van der Waals surface area contributed by atoms with Crippen molar-refractivity contribution in [3.63, 3.8) is 0 Å². The summed E-state index contributed by atoms with van der Waals surface area (Å²) in [5.74, 6) is 0.946. The van der Waals surface area contributed by atoms with Gasteiger partial charge in [-0.1, -0.05) is 41.9 Å². The van der Waals surface area contributed by atoms with Gasteiger partial charge in [0.25, 0.3) is 0 Å². The summed E-state index contributed by atoms with van der Waals surface area (Å²) in [5.41, 5.74) is 2.48. The quantitative estimate of drug-likeness (QED) is 0.848. The Morgan fingerprint density at radius 1 is 0.917 bits per heavy atom. The molecule has 2 atom stereocenters. The van der Waals surface area contributed by atoms with Gasteiger partial charge >= 0.3 is 0 Å². The van der Waals surface area contributed by atoms with E-state index >= 15 is 0 Å². The van der Waals surface area contributed by atoms with Crippen molar-refractivity contribution in [3.05, 3.63) is 65.2 Å². The highest BCUT2D eigenvalue weighted by atomic mass is 35.5. The fourth-order valence-corrected chi connectivity index (χ4v) is 3.73. The summed E-state index contributed by atoms with van der Waals surface area (Å²) in [5, 5.41) is 0.758. The highest BCUT2D eigenvalue weighted by molar-refractivity contribution is 6.30. The zero-order valence-electron chi connectivity index (χ0n) is 13.6. The van der Waals surface area contributed by atoms with Crippen molar-refractivity contribution in [2.75, 3.05) is 31.1 Å². The Hall–Kier alpha value is -2.00. The van der Waals surface area contributed by atoms with Gasteiger partial charge in [-0.25, -0.2) is 0 Å². The van der Waals surface area contributed by atoms with Crippen LogP contribution in [-0.2, 0) is 4.79 Å². The second kappa shape index (κ2) is 6.48. The highest BCUT2D eigenvalue weighted by Gasteiger charge is 2.45. The van der Waals surface area contributed by atoms with Gasteiger partial charge in [-0.15, -0.1) is 0 Å². The van der Waals surface area contributed by atoms with E-state index in [9.17, 15) is 4.79 Å². The fourth-order valence-electron chi connectivity index (χ4n) is 3.61. The van der Waals surface area contributed by atoms with Crippen LogP contribution in [0.1, 0.15) is 17.9 Å². The molecule has 2 aromatic carbocycles. The normalized spacial score (nSPS) is 23.2. The molecular weight excluding hydrogens is 320 g/mol. The van der Waals surface area contributed by atoms with Crippen molar-refractivity contribution in [1.29, 1.82) is 0 Å². The zero-order valence-corrected chi connectivity index (χ0v) is 14.3. The summed E-state index contributed by atoms with van der Waals surface area (Å²) in [4.78, 5) is 17.1. The van der Waals surface area contributed by atoms with Gasteiger partial charge < -0.3 is 9.80 Å². The topological polar surface area (TPSA) is 23.6 Å². The highest BCUT2D eigenvalue weighted by Crippen LogP contribution is 2.48. The maximum absolute atomic E-state index is 12.7. The molecule has 1 amide bonds. The number of hydrogen-bond donors (Lipinski definition) is 0. The van der Waals surface area contributed by atoms with Crippen LogP contribution in [0.3, 0.4) is 0 Å². The first kappa shape index (κ1) is 15.5. The van der Waals surface area contributed by atoms with Crippen molar-refractivity contribution in [2.24, 2.45) is 5.92 Å². The van der Waals surface area contributed by atoms with Gasteiger partial charge in [0.15, 0.2) is 0 Å². The van der Waals surface area contributed by atoms with Crippen molar-refractivity contribution < 1.29 is 4.79 Å². The zero-order chi connectivity index (χ0) is 16.5. The van der Waals surface area contributed by atoms with Crippen LogP contribution in [0, 0.1) is 5.92 Å². The number of hydrogen-bond acceptors (Lipinski definition) is 2. The number of rotatable bonds is 3. The maximum atomic E-state index is 12.7. The first-order chi connectivity index (χ1) is 11.7. The van der Waals surface area contributed by atoms with E-state index in [1.807, 2.05) is 35.2 Å². The van der Waals surface area contributed by atoms with E-state index in [1.165, 1.54) is 11.3 Å². The third kappa shape index (κ3) is 3.13. The van der Waals surface area contributed by atoms with Crippen LogP contribution >= 0.6 is 11.6 Å². The van der Waals surface area contributed by atoms with Crippen molar-refractivity contribution >= 4 is 23.2 Å². The number of amides is 1. The smallest absolute Gasteiger partial charge is 0.226 e. The van der Waals surface area contributed by atoms with Crippen LogP contribution in [0.25, 0.3) is 0 Å². The van der Waals surface area contributed by atoms with Crippen molar-refractivity contribution in [2.45, 2.75) is 12.3 Å². The average Bonchev–Trinajstić information content (AvgIpc) is 3.43. The molecule has 1 saturated carbocycles. The molecule has 0 unspecified atom stereocenters. The number of benzene rings is 2. The summed E-state index contributed by atoms with van der Waals surface area (Å²) in [7, 11) is 0. The van der Waals surface area contributed by atoms with Gasteiger partial charge in [-0.2, -0.15) is 0 Å². The summed E-state index contributed by atoms with van der Waals surface area (Å²) in [6.07, 6.45) is 1.00. The standard InChI is InChI=1S/C20H21ClN2O/c21-16-6-8-17(9-7-16)22-10-12-23(13-11-22)20(24)19-14-18(19)15-4-2-1-3-5-15/h1-9,18-19H,10-14H2/t18-,19+/m1/s1. The lowest BCUT2D eigenvalue weighted by atomic mass is 10.1. The largest absolute Gasteiger partial charge is 0.368 e.